The van der Waals surface area contributed by atoms with Gasteiger partial charge in [0.05, 0.1) is 0 Å². The zero-order valence-electron chi connectivity index (χ0n) is 46.3. The molecule has 396 valence electrons. The third-order valence-electron chi connectivity index (χ3n) is 13.6. The van der Waals surface area contributed by atoms with Crippen LogP contribution in [0.15, 0.2) is 72.9 Å². The molecular formula is C64H117NO3. The van der Waals surface area contributed by atoms with Gasteiger partial charge >= 0.3 is 5.97 Å². The van der Waals surface area contributed by atoms with Crippen LogP contribution in [0, 0.1) is 0 Å². The Hall–Kier alpha value is -2.17. The van der Waals surface area contributed by atoms with Gasteiger partial charge < -0.3 is 14.7 Å². The molecule has 4 nitrogen and oxygen atoms in total. The second-order valence-corrected chi connectivity index (χ2v) is 20.7. The highest BCUT2D eigenvalue weighted by Gasteiger charge is 2.38. The topological polar surface area (TPSA) is 49.8 Å². The van der Waals surface area contributed by atoms with Crippen LogP contribution < -0.4 is 0 Å². The lowest BCUT2D eigenvalue weighted by Gasteiger charge is -2.36. The van der Waals surface area contributed by atoms with E-state index in [0.29, 0.717) is 6.42 Å². The Balaban J connectivity index is 5.18. The van der Waals surface area contributed by atoms with Crippen LogP contribution in [-0.4, -0.2) is 48.3 Å². The van der Waals surface area contributed by atoms with Crippen molar-refractivity contribution in [2.24, 2.45) is 0 Å². The molecule has 0 spiro atoms. The van der Waals surface area contributed by atoms with E-state index in [4.69, 9.17) is 4.74 Å². The number of rotatable bonds is 53. The van der Waals surface area contributed by atoms with Gasteiger partial charge in [-0.1, -0.05) is 229 Å². The van der Waals surface area contributed by atoms with E-state index in [9.17, 15) is 9.90 Å². The molecule has 0 aliphatic heterocycles. The minimum Gasteiger partial charge on any atom is -0.459 e. The number of allylic oxidation sites excluding steroid dienone is 12. The van der Waals surface area contributed by atoms with Crippen LogP contribution in [0.3, 0.4) is 0 Å². The van der Waals surface area contributed by atoms with Gasteiger partial charge in [0, 0.05) is 6.42 Å². The summed E-state index contributed by atoms with van der Waals surface area (Å²) in [6.45, 7) is 7.80. The van der Waals surface area contributed by atoms with Crippen LogP contribution >= 0.6 is 0 Å². The SMILES string of the molecule is CCCCCCC=CCC=CCCCCCCCCC(O)(CCCCCCCC=CCC=CCCCCCC)C(CCCCCCCC=CCC=CCCCCCC)OC(=O)CCCCN(C)C. The van der Waals surface area contributed by atoms with E-state index >= 15 is 0 Å². The predicted molar refractivity (Wildman–Crippen MR) is 304 cm³/mol. The summed E-state index contributed by atoms with van der Waals surface area (Å²) in [4.78, 5) is 15.6. The fraction of sp³-hybridized carbons (Fsp3) is 0.797. The molecule has 0 aliphatic rings. The smallest absolute Gasteiger partial charge is 0.306 e. The molecule has 0 bridgehead atoms. The van der Waals surface area contributed by atoms with Crippen LogP contribution in [0.25, 0.3) is 0 Å². The Bertz CT molecular complexity index is 1210. The highest BCUT2D eigenvalue weighted by atomic mass is 16.6. The summed E-state index contributed by atoms with van der Waals surface area (Å²) in [7, 11) is 4.17. The highest BCUT2D eigenvalue weighted by Crippen LogP contribution is 2.32. The van der Waals surface area contributed by atoms with Gasteiger partial charge in [-0.3, -0.25) is 4.79 Å². The van der Waals surface area contributed by atoms with E-state index in [1.807, 2.05) is 0 Å². The van der Waals surface area contributed by atoms with Gasteiger partial charge in [-0.05, 0) is 155 Å². The summed E-state index contributed by atoms with van der Waals surface area (Å²) in [6, 6.07) is 0. The lowest BCUT2D eigenvalue weighted by molar-refractivity contribution is -0.169. The lowest BCUT2D eigenvalue weighted by Crippen LogP contribution is -2.45. The van der Waals surface area contributed by atoms with Crippen LogP contribution in [0.4, 0.5) is 0 Å². The van der Waals surface area contributed by atoms with Crippen molar-refractivity contribution < 1.29 is 14.6 Å². The zero-order valence-corrected chi connectivity index (χ0v) is 46.3. The Kier molecular flexibility index (Phi) is 52.4. The van der Waals surface area contributed by atoms with E-state index in [-0.39, 0.29) is 5.97 Å². The Morgan fingerprint density at radius 2 is 0.721 bits per heavy atom. The monoisotopic (exact) mass is 948 g/mol. The standard InChI is InChI=1S/C64H117NO3/c1-6-9-12-15-18-21-24-27-30-33-36-39-42-45-48-51-55-60-64(67,59-54-50-47-44-41-38-35-32-29-26-23-20-17-14-11-8-3)62(68-63(66)58-53-56-61-65(4)5)57-52-49-46-43-40-37-34-31-28-25-22-19-16-13-10-7-2/h21-26,30-35,62,67H,6-20,27-29,36-61H2,1-5H3. The lowest BCUT2D eigenvalue weighted by atomic mass is 9.82. The average Bonchev–Trinajstić information content (AvgIpc) is 3.33. The molecule has 68 heavy (non-hydrogen) atoms. The van der Waals surface area contributed by atoms with E-state index in [1.54, 1.807) is 0 Å². The minimum absolute atomic E-state index is 0.117. The third kappa shape index (κ3) is 48.8. The number of esters is 1. The first kappa shape index (κ1) is 65.8. The number of ether oxygens (including phenoxy) is 1. The van der Waals surface area contributed by atoms with Crippen molar-refractivity contribution in [3.63, 3.8) is 0 Å². The number of hydrogen-bond acceptors (Lipinski definition) is 4. The molecule has 0 rings (SSSR count). The number of unbranched alkanes of at least 4 members (excludes halogenated alkanes) is 29. The first-order valence-electron chi connectivity index (χ1n) is 29.9. The summed E-state index contributed by atoms with van der Waals surface area (Å²) >= 11 is 0. The molecule has 2 atom stereocenters. The molecule has 0 aromatic rings. The summed E-state index contributed by atoms with van der Waals surface area (Å²) in [5.41, 5.74) is -0.949. The maximum atomic E-state index is 13.4. The number of aliphatic hydroxyl groups is 1. The largest absolute Gasteiger partial charge is 0.459 e. The van der Waals surface area contributed by atoms with Crippen molar-refractivity contribution in [3.05, 3.63) is 72.9 Å². The van der Waals surface area contributed by atoms with Gasteiger partial charge in [0.15, 0.2) is 0 Å². The van der Waals surface area contributed by atoms with E-state index < -0.39 is 11.7 Å². The Labute approximate surface area is 425 Å². The maximum Gasteiger partial charge on any atom is 0.306 e. The molecule has 0 amide bonds. The van der Waals surface area contributed by atoms with E-state index in [0.717, 1.165) is 109 Å². The normalized spacial score (nSPS) is 13.9. The van der Waals surface area contributed by atoms with Crippen molar-refractivity contribution in [2.75, 3.05) is 20.6 Å². The number of carbonyl (C=O) groups is 1. The van der Waals surface area contributed by atoms with Crippen LogP contribution in [0.1, 0.15) is 297 Å². The molecule has 0 aromatic carbocycles. The van der Waals surface area contributed by atoms with Crippen molar-refractivity contribution in [2.45, 2.75) is 309 Å². The predicted octanol–water partition coefficient (Wildman–Crippen LogP) is 20.4. The van der Waals surface area contributed by atoms with Crippen molar-refractivity contribution >= 4 is 5.97 Å². The fourth-order valence-electron chi connectivity index (χ4n) is 9.13. The van der Waals surface area contributed by atoms with Gasteiger partial charge in [0.2, 0.25) is 0 Å². The van der Waals surface area contributed by atoms with Crippen LogP contribution in [0.2, 0.25) is 0 Å². The highest BCUT2D eigenvalue weighted by molar-refractivity contribution is 5.69. The summed E-state index contributed by atoms with van der Waals surface area (Å²) in [5.74, 6) is -0.117. The zero-order chi connectivity index (χ0) is 49.5. The maximum absolute atomic E-state index is 13.4. The van der Waals surface area contributed by atoms with Crippen LogP contribution in [-0.2, 0) is 9.53 Å². The first-order chi connectivity index (χ1) is 33.4. The van der Waals surface area contributed by atoms with Crippen molar-refractivity contribution in [1.29, 1.82) is 0 Å². The van der Waals surface area contributed by atoms with Gasteiger partial charge in [-0.15, -0.1) is 0 Å². The molecule has 0 heterocycles. The number of hydrogen-bond donors (Lipinski definition) is 1. The molecule has 4 heteroatoms. The number of nitrogens with zero attached hydrogens (tertiary/aromatic N) is 1. The molecule has 1 N–H and O–H groups in total. The van der Waals surface area contributed by atoms with Gasteiger partial charge in [-0.2, -0.15) is 0 Å². The molecule has 0 aliphatic carbocycles. The average molecular weight is 949 g/mol. The summed E-state index contributed by atoms with van der Waals surface area (Å²) in [6.07, 6.45) is 77.3. The van der Waals surface area contributed by atoms with Crippen molar-refractivity contribution in [3.8, 4) is 0 Å². The van der Waals surface area contributed by atoms with E-state index in [2.05, 4.69) is 113 Å². The molecular weight excluding hydrogens is 831 g/mol. The quantitative estimate of drug-likeness (QED) is 0.0375. The second kappa shape index (κ2) is 54.2. The van der Waals surface area contributed by atoms with E-state index in [1.165, 1.54) is 167 Å². The van der Waals surface area contributed by atoms with Gasteiger partial charge in [0.1, 0.15) is 11.7 Å². The molecule has 0 fully saturated rings. The van der Waals surface area contributed by atoms with Crippen molar-refractivity contribution in [1.82, 2.24) is 4.90 Å². The van der Waals surface area contributed by atoms with Crippen LogP contribution in [0.5, 0.6) is 0 Å². The summed E-state index contributed by atoms with van der Waals surface area (Å²) < 4.78 is 6.37. The Morgan fingerprint density at radius 3 is 1.06 bits per heavy atom. The summed E-state index contributed by atoms with van der Waals surface area (Å²) in [5, 5.41) is 12.6. The molecule has 2 unspecified atom stereocenters. The molecule has 0 saturated carbocycles. The third-order valence-corrected chi connectivity index (χ3v) is 13.6. The Morgan fingerprint density at radius 1 is 0.412 bits per heavy atom. The number of carbonyl (C=O) groups excluding carboxylic acids is 1. The van der Waals surface area contributed by atoms with Gasteiger partial charge in [0.25, 0.3) is 0 Å². The fourth-order valence-corrected chi connectivity index (χ4v) is 9.13. The molecule has 0 saturated heterocycles. The van der Waals surface area contributed by atoms with Gasteiger partial charge in [-0.25, -0.2) is 0 Å². The molecule has 0 radical (unpaired) electrons. The first-order valence-corrected chi connectivity index (χ1v) is 29.9. The molecule has 0 aromatic heterocycles. The second-order valence-electron chi connectivity index (χ2n) is 20.7. The minimum atomic E-state index is -0.949.